The Morgan fingerprint density at radius 2 is 1.92 bits per heavy atom. The van der Waals surface area contributed by atoms with Crippen molar-refractivity contribution in [2.24, 2.45) is 0 Å². The second-order valence-electron chi connectivity index (χ2n) is 6.23. The molecule has 2 heterocycles. The zero-order chi connectivity index (χ0) is 18.3. The molecule has 0 saturated carbocycles. The van der Waals surface area contributed by atoms with Crippen molar-refractivity contribution in [3.8, 4) is 16.9 Å². The van der Waals surface area contributed by atoms with Crippen LogP contribution in [0.5, 0.6) is 5.75 Å². The molecule has 0 radical (unpaired) electrons. The maximum absolute atomic E-state index is 14.3. The molecular formula is C21H18BrFN2O. The third-order valence-electron chi connectivity index (χ3n) is 4.62. The molecule has 5 heteroatoms. The van der Waals surface area contributed by atoms with E-state index in [9.17, 15) is 4.39 Å². The van der Waals surface area contributed by atoms with Gasteiger partial charge in [-0.05, 0) is 35.7 Å². The van der Waals surface area contributed by atoms with Crippen molar-refractivity contribution in [2.45, 2.75) is 19.8 Å². The van der Waals surface area contributed by atoms with Crippen molar-refractivity contribution >= 4 is 37.7 Å². The summed E-state index contributed by atoms with van der Waals surface area (Å²) < 4.78 is 20.8. The highest BCUT2D eigenvalue weighted by molar-refractivity contribution is 9.10. The van der Waals surface area contributed by atoms with Gasteiger partial charge in [0.25, 0.3) is 0 Å². The Hall–Kier alpha value is -2.40. The number of ether oxygens (including phenoxy) is 1. The van der Waals surface area contributed by atoms with E-state index in [1.54, 1.807) is 7.11 Å². The van der Waals surface area contributed by atoms with Crippen molar-refractivity contribution < 1.29 is 9.13 Å². The van der Waals surface area contributed by atoms with Gasteiger partial charge in [-0.25, -0.2) is 4.98 Å². The number of pyridine rings is 1. The van der Waals surface area contributed by atoms with Crippen LogP contribution in [0.15, 0.2) is 46.9 Å². The van der Waals surface area contributed by atoms with Crippen LogP contribution in [0, 0.1) is 5.95 Å². The summed E-state index contributed by atoms with van der Waals surface area (Å²) in [7, 11) is 1.64. The molecule has 0 amide bonds. The Morgan fingerprint density at radius 3 is 2.65 bits per heavy atom. The van der Waals surface area contributed by atoms with Crippen molar-refractivity contribution in [1.29, 1.82) is 0 Å². The molecule has 0 atom stereocenters. The van der Waals surface area contributed by atoms with Gasteiger partial charge in [0.05, 0.1) is 23.8 Å². The molecule has 3 nitrogen and oxygen atoms in total. The zero-order valence-electron chi connectivity index (χ0n) is 14.6. The summed E-state index contributed by atoms with van der Waals surface area (Å²) in [6.07, 6.45) is 1.61. The lowest BCUT2D eigenvalue weighted by Crippen LogP contribution is -1.94. The van der Waals surface area contributed by atoms with Gasteiger partial charge in [0.1, 0.15) is 5.75 Å². The van der Waals surface area contributed by atoms with Gasteiger partial charge in [-0.1, -0.05) is 47.5 Å². The first-order valence-corrected chi connectivity index (χ1v) is 9.36. The third kappa shape index (κ3) is 2.67. The Morgan fingerprint density at radius 1 is 1.12 bits per heavy atom. The van der Waals surface area contributed by atoms with Gasteiger partial charge in [0.15, 0.2) is 0 Å². The lowest BCUT2D eigenvalue weighted by molar-refractivity contribution is 0.419. The molecule has 132 valence electrons. The van der Waals surface area contributed by atoms with Crippen LogP contribution < -0.4 is 4.74 Å². The predicted molar refractivity (Wildman–Crippen MR) is 107 cm³/mol. The minimum absolute atomic E-state index is 0.456. The molecule has 0 aliphatic carbocycles. The molecule has 1 N–H and O–H groups in total. The standard InChI is InChI=1S/C21H18BrFN2O/c1-3-6-16-20-14(11-18(23)24-16)19-13(12-7-4-5-8-15(12)22)9-10-17(26-2)21(19)25-20/h4-5,7-11,25H,3,6H2,1-2H3. The smallest absolute Gasteiger partial charge is 0.213 e. The quantitative estimate of drug-likeness (QED) is 0.402. The fraction of sp³-hybridized carbons (Fsp3) is 0.190. The Balaban J connectivity index is 2.17. The van der Waals surface area contributed by atoms with Gasteiger partial charge < -0.3 is 9.72 Å². The number of aromatic nitrogens is 2. The molecule has 0 fully saturated rings. The number of hydrogen-bond acceptors (Lipinski definition) is 2. The molecule has 2 aromatic heterocycles. The van der Waals surface area contributed by atoms with Crippen molar-refractivity contribution in [1.82, 2.24) is 9.97 Å². The van der Waals surface area contributed by atoms with E-state index in [0.29, 0.717) is 6.42 Å². The lowest BCUT2D eigenvalue weighted by atomic mass is 9.99. The topological polar surface area (TPSA) is 37.9 Å². The Bertz CT molecular complexity index is 1120. The molecule has 0 spiro atoms. The number of rotatable bonds is 4. The highest BCUT2D eigenvalue weighted by atomic mass is 79.9. The molecule has 0 aliphatic heterocycles. The highest BCUT2D eigenvalue weighted by Gasteiger charge is 2.18. The molecule has 4 aromatic rings. The lowest BCUT2D eigenvalue weighted by Gasteiger charge is -2.09. The first-order valence-electron chi connectivity index (χ1n) is 8.56. The summed E-state index contributed by atoms with van der Waals surface area (Å²) in [4.78, 5) is 7.55. The second-order valence-corrected chi connectivity index (χ2v) is 7.09. The number of hydrogen-bond donors (Lipinski definition) is 1. The third-order valence-corrected chi connectivity index (χ3v) is 5.31. The number of fused-ring (bicyclic) bond motifs is 3. The highest BCUT2D eigenvalue weighted by Crippen LogP contribution is 2.41. The number of benzene rings is 2. The summed E-state index contributed by atoms with van der Waals surface area (Å²) in [6, 6.07) is 13.5. The van der Waals surface area contributed by atoms with E-state index in [2.05, 4.69) is 38.9 Å². The Labute approximate surface area is 159 Å². The summed E-state index contributed by atoms with van der Waals surface area (Å²) in [6.45, 7) is 2.06. The molecule has 0 aliphatic rings. The molecule has 0 saturated heterocycles. The number of halogens is 2. The van der Waals surface area contributed by atoms with E-state index >= 15 is 0 Å². The van der Waals surface area contributed by atoms with E-state index in [1.165, 1.54) is 6.07 Å². The van der Waals surface area contributed by atoms with Gasteiger partial charge in [-0.3, -0.25) is 0 Å². The minimum atomic E-state index is -0.456. The number of H-pyrrole nitrogens is 1. The van der Waals surface area contributed by atoms with Crippen LogP contribution >= 0.6 is 15.9 Å². The SMILES string of the molecule is CCCc1nc(F)cc2c1[nH]c1c(OC)ccc(-c3ccccc3Br)c12. The average Bonchev–Trinajstić information content (AvgIpc) is 3.02. The van der Waals surface area contributed by atoms with Crippen LogP contribution in [0.4, 0.5) is 4.39 Å². The first-order chi connectivity index (χ1) is 12.6. The van der Waals surface area contributed by atoms with Crippen molar-refractivity contribution in [2.75, 3.05) is 7.11 Å². The van der Waals surface area contributed by atoms with Crippen molar-refractivity contribution in [3.63, 3.8) is 0 Å². The van der Waals surface area contributed by atoms with Gasteiger partial charge in [-0.2, -0.15) is 4.39 Å². The molecule has 26 heavy (non-hydrogen) atoms. The largest absolute Gasteiger partial charge is 0.495 e. The maximum Gasteiger partial charge on any atom is 0.213 e. The molecule has 2 aromatic carbocycles. The van der Waals surface area contributed by atoms with Gasteiger partial charge in [0.2, 0.25) is 5.95 Å². The number of aryl methyl sites for hydroxylation is 1. The predicted octanol–water partition coefficient (Wildman–Crippen LogP) is 6.25. The van der Waals surface area contributed by atoms with E-state index in [1.807, 2.05) is 30.3 Å². The first kappa shape index (κ1) is 17.0. The molecule has 0 unspecified atom stereocenters. The van der Waals surface area contributed by atoms with Crippen LogP contribution in [-0.4, -0.2) is 17.1 Å². The van der Waals surface area contributed by atoms with Crippen LogP contribution in [-0.2, 0) is 6.42 Å². The van der Waals surface area contributed by atoms with E-state index < -0.39 is 5.95 Å². The monoisotopic (exact) mass is 412 g/mol. The number of nitrogens with one attached hydrogen (secondary N) is 1. The summed E-state index contributed by atoms with van der Waals surface area (Å²) in [5, 5.41) is 1.78. The molecular weight excluding hydrogens is 395 g/mol. The van der Waals surface area contributed by atoms with Crippen molar-refractivity contribution in [3.05, 3.63) is 58.6 Å². The van der Waals surface area contributed by atoms with Crippen LogP contribution in [0.25, 0.3) is 32.9 Å². The van der Waals surface area contributed by atoms with Gasteiger partial charge >= 0.3 is 0 Å². The summed E-state index contributed by atoms with van der Waals surface area (Å²) in [5.41, 5.74) is 4.56. The normalized spacial score (nSPS) is 11.4. The number of methoxy groups -OCH3 is 1. The van der Waals surface area contributed by atoms with E-state index in [-0.39, 0.29) is 0 Å². The van der Waals surface area contributed by atoms with Gasteiger partial charge in [-0.15, -0.1) is 0 Å². The molecule has 0 bridgehead atoms. The second kappa shape index (κ2) is 6.72. The summed E-state index contributed by atoms with van der Waals surface area (Å²) in [5.74, 6) is 0.276. The van der Waals surface area contributed by atoms with Crippen LogP contribution in [0.3, 0.4) is 0 Å². The molecule has 4 rings (SSSR count). The van der Waals surface area contributed by atoms with Crippen LogP contribution in [0.1, 0.15) is 19.0 Å². The minimum Gasteiger partial charge on any atom is -0.495 e. The average molecular weight is 413 g/mol. The number of aromatic amines is 1. The van der Waals surface area contributed by atoms with E-state index in [0.717, 1.165) is 55.3 Å². The van der Waals surface area contributed by atoms with Gasteiger partial charge in [0, 0.05) is 21.3 Å². The zero-order valence-corrected chi connectivity index (χ0v) is 16.2. The summed E-state index contributed by atoms with van der Waals surface area (Å²) >= 11 is 3.63. The van der Waals surface area contributed by atoms with E-state index in [4.69, 9.17) is 4.74 Å². The number of nitrogens with zero attached hydrogens (tertiary/aromatic N) is 1. The fourth-order valence-corrected chi connectivity index (χ4v) is 4.00. The fourth-order valence-electron chi connectivity index (χ4n) is 3.50. The Kier molecular flexibility index (Phi) is 4.41. The maximum atomic E-state index is 14.3. The van der Waals surface area contributed by atoms with Crippen LogP contribution in [0.2, 0.25) is 0 Å².